The maximum absolute atomic E-state index is 13.8. The lowest BCUT2D eigenvalue weighted by Gasteiger charge is -2.36. The number of carboxylic acids is 1. The summed E-state index contributed by atoms with van der Waals surface area (Å²) >= 11 is 5.89. The van der Waals surface area contributed by atoms with Gasteiger partial charge in [-0.05, 0) is 31.9 Å². The minimum absolute atomic E-state index is 0.0718. The topological polar surface area (TPSA) is 57.6 Å². The molecule has 6 heteroatoms. The van der Waals surface area contributed by atoms with E-state index in [0.717, 1.165) is 0 Å². The van der Waals surface area contributed by atoms with Crippen molar-refractivity contribution in [2.45, 2.75) is 25.8 Å². The lowest BCUT2D eigenvalue weighted by Crippen LogP contribution is -2.46. The Labute approximate surface area is 121 Å². The van der Waals surface area contributed by atoms with Crippen molar-refractivity contribution < 1.29 is 19.1 Å². The van der Waals surface area contributed by atoms with Crippen LogP contribution in [0.1, 0.15) is 30.1 Å². The molecule has 1 fully saturated rings. The predicted octanol–water partition coefficient (Wildman–Crippen LogP) is 2.80. The minimum Gasteiger partial charge on any atom is -0.481 e. The number of carboxylic acid groups (broad SMARTS) is 1. The smallest absolute Gasteiger partial charge is 0.306 e. The third-order valence-corrected chi connectivity index (χ3v) is 3.98. The molecule has 0 radical (unpaired) electrons. The van der Waals surface area contributed by atoms with Crippen molar-refractivity contribution >= 4 is 23.5 Å². The molecule has 1 saturated heterocycles. The molecule has 1 aliphatic heterocycles. The molecule has 0 bridgehead atoms. The maximum Gasteiger partial charge on any atom is 0.306 e. The fraction of sp³-hybridized carbons (Fsp3) is 0.429. The van der Waals surface area contributed by atoms with Crippen molar-refractivity contribution in [2.24, 2.45) is 5.92 Å². The Hall–Kier alpha value is -1.62. The summed E-state index contributed by atoms with van der Waals surface area (Å²) in [6.07, 6.45) is 0.741. The molecule has 2 atom stereocenters. The average molecular weight is 300 g/mol. The Morgan fingerprint density at radius 2 is 2.15 bits per heavy atom. The van der Waals surface area contributed by atoms with Crippen LogP contribution in [0.2, 0.25) is 5.02 Å². The number of halogens is 2. The normalized spacial score (nSPS) is 22.6. The van der Waals surface area contributed by atoms with Crippen molar-refractivity contribution in [1.29, 1.82) is 0 Å². The minimum atomic E-state index is -0.854. The van der Waals surface area contributed by atoms with E-state index in [1.54, 1.807) is 6.92 Å². The van der Waals surface area contributed by atoms with Crippen LogP contribution in [0.4, 0.5) is 4.39 Å². The number of nitrogens with zero attached hydrogens (tertiary/aromatic N) is 1. The number of likely N-dealkylation sites (tertiary alicyclic amines) is 1. The zero-order valence-corrected chi connectivity index (χ0v) is 11.7. The molecule has 1 aliphatic rings. The van der Waals surface area contributed by atoms with E-state index in [1.807, 2.05) is 0 Å². The van der Waals surface area contributed by atoms with E-state index in [0.29, 0.717) is 19.4 Å². The van der Waals surface area contributed by atoms with Gasteiger partial charge in [-0.2, -0.15) is 0 Å². The molecule has 1 heterocycles. The molecule has 1 aromatic rings. The Bertz CT molecular complexity index is 529. The summed E-state index contributed by atoms with van der Waals surface area (Å²) in [5.74, 6) is -2.45. The molecule has 2 unspecified atom stereocenters. The molecule has 108 valence electrons. The molecule has 1 N–H and O–H groups in total. The van der Waals surface area contributed by atoms with E-state index in [2.05, 4.69) is 0 Å². The van der Waals surface area contributed by atoms with Gasteiger partial charge in [-0.3, -0.25) is 9.59 Å². The highest BCUT2D eigenvalue weighted by atomic mass is 35.5. The summed E-state index contributed by atoms with van der Waals surface area (Å²) in [5, 5.41) is 9.07. The second kappa shape index (κ2) is 5.79. The molecule has 0 spiro atoms. The third kappa shape index (κ3) is 2.77. The van der Waals surface area contributed by atoms with E-state index in [-0.39, 0.29) is 16.6 Å². The highest BCUT2D eigenvalue weighted by Gasteiger charge is 2.34. The Balaban J connectivity index is 2.20. The number of hydrogen-bond donors (Lipinski definition) is 1. The quantitative estimate of drug-likeness (QED) is 0.913. The molecular weight excluding hydrogens is 285 g/mol. The SMILES string of the molecule is CC1CC(C(=O)O)CCN1C(=O)c1c(F)cccc1Cl. The Morgan fingerprint density at radius 3 is 2.70 bits per heavy atom. The zero-order valence-electron chi connectivity index (χ0n) is 11.0. The number of piperidine rings is 1. The number of carbonyl (C=O) groups excluding carboxylic acids is 1. The molecule has 2 rings (SSSR count). The summed E-state index contributed by atoms with van der Waals surface area (Å²) in [6, 6.07) is 3.84. The van der Waals surface area contributed by atoms with Crippen molar-refractivity contribution in [2.75, 3.05) is 6.54 Å². The zero-order chi connectivity index (χ0) is 14.9. The third-order valence-electron chi connectivity index (χ3n) is 3.66. The number of hydrogen-bond acceptors (Lipinski definition) is 2. The van der Waals surface area contributed by atoms with Crippen LogP contribution in [0.5, 0.6) is 0 Å². The van der Waals surface area contributed by atoms with E-state index in [9.17, 15) is 14.0 Å². The lowest BCUT2D eigenvalue weighted by atomic mass is 9.91. The summed E-state index contributed by atoms with van der Waals surface area (Å²) in [7, 11) is 0. The van der Waals surface area contributed by atoms with Crippen molar-refractivity contribution in [3.05, 3.63) is 34.6 Å². The Morgan fingerprint density at radius 1 is 1.45 bits per heavy atom. The standard InChI is InChI=1S/C14H15ClFNO3/c1-8-7-9(14(19)20)5-6-17(8)13(18)12-10(15)3-2-4-11(12)16/h2-4,8-9H,5-7H2,1H3,(H,19,20). The maximum atomic E-state index is 13.8. The van der Waals surface area contributed by atoms with Gasteiger partial charge >= 0.3 is 5.97 Å². The van der Waals surface area contributed by atoms with Crippen LogP contribution in [0.15, 0.2) is 18.2 Å². The van der Waals surface area contributed by atoms with Crippen LogP contribution in [-0.4, -0.2) is 34.5 Å². The van der Waals surface area contributed by atoms with Gasteiger partial charge in [-0.15, -0.1) is 0 Å². The summed E-state index contributed by atoms with van der Waals surface area (Å²) in [5.41, 5.74) is -0.144. The van der Waals surface area contributed by atoms with E-state index < -0.39 is 23.6 Å². The molecule has 20 heavy (non-hydrogen) atoms. The van der Waals surface area contributed by atoms with Crippen LogP contribution in [0, 0.1) is 11.7 Å². The highest BCUT2D eigenvalue weighted by Crippen LogP contribution is 2.27. The van der Waals surface area contributed by atoms with Gasteiger partial charge in [0.1, 0.15) is 5.82 Å². The number of rotatable bonds is 2. The lowest BCUT2D eigenvalue weighted by molar-refractivity contribution is -0.143. The van der Waals surface area contributed by atoms with Gasteiger partial charge in [0.05, 0.1) is 16.5 Å². The van der Waals surface area contributed by atoms with Gasteiger partial charge in [0.2, 0.25) is 0 Å². The summed E-state index contributed by atoms with van der Waals surface area (Å²) in [4.78, 5) is 24.8. The van der Waals surface area contributed by atoms with Gasteiger partial charge < -0.3 is 10.0 Å². The van der Waals surface area contributed by atoms with Crippen LogP contribution in [0.25, 0.3) is 0 Å². The molecule has 1 aromatic carbocycles. The number of aliphatic carboxylic acids is 1. The number of carbonyl (C=O) groups is 2. The molecule has 0 aliphatic carbocycles. The van der Waals surface area contributed by atoms with Gasteiger partial charge in [-0.25, -0.2) is 4.39 Å². The van der Waals surface area contributed by atoms with Crippen LogP contribution in [0.3, 0.4) is 0 Å². The fourth-order valence-corrected chi connectivity index (χ4v) is 2.79. The van der Waals surface area contributed by atoms with Crippen molar-refractivity contribution in [3.63, 3.8) is 0 Å². The van der Waals surface area contributed by atoms with Crippen LogP contribution < -0.4 is 0 Å². The monoisotopic (exact) mass is 299 g/mol. The molecule has 0 aromatic heterocycles. The Kier molecular flexibility index (Phi) is 4.28. The first-order valence-corrected chi connectivity index (χ1v) is 6.77. The number of benzene rings is 1. The first-order valence-electron chi connectivity index (χ1n) is 6.39. The van der Waals surface area contributed by atoms with Gasteiger partial charge in [-0.1, -0.05) is 17.7 Å². The first-order chi connectivity index (χ1) is 9.41. The van der Waals surface area contributed by atoms with Crippen LogP contribution >= 0.6 is 11.6 Å². The van der Waals surface area contributed by atoms with Gasteiger partial charge in [0.25, 0.3) is 5.91 Å². The predicted molar refractivity (Wildman–Crippen MR) is 72.3 cm³/mol. The van der Waals surface area contributed by atoms with Gasteiger partial charge in [0.15, 0.2) is 0 Å². The average Bonchev–Trinajstić information content (AvgIpc) is 2.38. The number of amides is 1. The van der Waals surface area contributed by atoms with Crippen molar-refractivity contribution in [1.82, 2.24) is 4.90 Å². The first kappa shape index (κ1) is 14.8. The van der Waals surface area contributed by atoms with Crippen LogP contribution in [-0.2, 0) is 4.79 Å². The summed E-state index contributed by atoms with van der Waals surface area (Å²) in [6.45, 7) is 2.06. The highest BCUT2D eigenvalue weighted by molar-refractivity contribution is 6.33. The largest absolute Gasteiger partial charge is 0.481 e. The van der Waals surface area contributed by atoms with E-state index in [4.69, 9.17) is 16.7 Å². The molecular formula is C14H15ClFNO3. The van der Waals surface area contributed by atoms with E-state index >= 15 is 0 Å². The second-order valence-corrected chi connectivity index (χ2v) is 5.41. The fourth-order valence-electron chi connectivity index (χ4n) is 2.54. The summed E-state index contributed by atoms with van der Waals surface area (Å²) < 4.78 is 13.8. The molecule has 1 amide bonds. The van der Waals surface area contributed by atoms with E-state index in [1.165, 1.54) is 23.1 Å². The second-order valence-electron chi connectivity index (χ2n) is 5.00. The molecule has 0 saturated carbocycles. The van der Waals surface area contributed by atoms with Gasteiger partial charge in [0, 0.05) is 12.6 Å². The van der Waals surface area contributed by atoms with Crippen molar-refractivity contribution in [3.8, 4) is 0 Å². The molecule has 4 nitrogen and oxygen atoms in total.